The zero-order chi connectivity index (χ0) is 13.9. The van der Waals surface area contributed by atoms with E-state index in [0.29, 0.717) is 12.1 Å². The fourth-order valence-corrected chi connectivity index (χ4v) is 1.98. The van der Waals surface area contributed by atoms with Gasteiger partial charge in [-0.25, -0.2) is 0 Å². The van der Waals surface area contributed by atoms with Crippen molar-refractivity contribution in [3.8, 4) is 0 Å². The van der Waals surface area contributed by atoms with Gasteiger partial charge in [0, 0.05) is 22.6 Å². The summed E-state index contributed by atoms with van der Waals surface area (Å²) in [6.45, 7) is 8.62. The molecule has 0 fully saturated rings. The van der Waals surface area contributed by atoms with Crippen LogP contribution in [0.4, 0.5) is 0 Å². The zero-order valence-corrected chi connectivity index (χ0v) is 13.0. The first-order valence-electron chi connectivity index (χ1n) is 6.02. The van der Waals surface area contributed by atoms with Crippen LogP contribution in [0.5, 0.6) is 0 Å². The van der Waals surface area contributed by atoms with Gasteiger partial charge in [0.2, 0.25) is 0 Å². The van der Waals surface area contributed by atoms with Gasteiger partial charge in [-0.3, -0.25) is 4.79 Å². The average Bonchev–Trinajstić information content (AvgIpc) is 2.27. The second-order valence-electron chi connectivity index (χ2n) is 5.59. The maximum Gasteiger partial charge on any atom is 0.251 e. The van der Waals surface area contributed by atoms with Crippen molar-refractivity contribution in [2.45, 2.75) is 33.7 Å². The van der Waals surface area contributed by atoms with E-state index in [4.69, 9.17) is 5.73 Å². The number of benzene rings is 1. The van der Waals surface area contributed by atoms with Gasteiger partial charge >= 0.3 is 0 Å². The highest BCUT2D eigenvalue weighted by Crippen LogP contribution is 2.20. The van der Waals surface area contributed by atoms with Crippen LogP contribution in [0.3, 0.4) is 0 Å². The van der Waals surface area contributed by atoms with Crippen molar-refractivity contribution >= 4 is 21.8 Å². The summed E-state index contributed by atoms with van der Waals surface area (Å²) >= 11 is 3.43. The molecule has 0 saturated carbocycles. The number of hydrogen-bond acceptors (Lipinski definition) is 2. The number of nitrogens with one attached hydrogen (secondary N) is 1. The molecule has 1 unspecified atom stereocenters. The highest BCUT2D eigenvalue weighted by molar-refractivity contribution is 9.10. The summed E-state index contributed by atoms with van der Waals surface area (Å²) < 4.78 is 0.940. The van der Waals surface area contributed by atoms with E-state index in [1.165, 1.54) is 0 Å². The Bertz CT molecular complexity index is 438. The monoisotopic (exact) mass is 312 g/mol. The molecular weight excluding hydrogens is 292 g/mol. The molecule has 1 rings (SSSR count). The summed E-state index contributed by atoms with van der Waals surface area (Å²) in [6, 6.07) is 5.55. The van der Waals surface area contributed by atoms with Gasteiger partial charge < -0.3 is 11.1 Å². The minimum atomic E-state index is -0.0823. The van der Waals surface area contributed by atoms with E-state index in [1.54, 1.807) is 0 Å². The van der Waals surface area contributed by atoms with Crippen molar-refractivity contribution in [1.29, 1.82) is 0 Å². The summed E-state index contributed by atoms with van der Waals surface area (Å²) in [5, 5.41) is 2.98. The number of carbonyl (C=O) groups is 1. The number of nitrogens with two attached hydrogens (primary N) is 1. The molecule has 100 valence electrons. The summed E-state index contributed by atoms with van der Waals surface area (Å²) in [4.78, 5) is 12.1. The van der Waals surface area contributed by atoms with Crippen LogP contribution in [0.15, 0.2) is 22.7 Å². The summed E-state index contributed by atoms with van der Waals surface area (Å²) in [5.41, 5.74) is 7.42. The number of rotatable bonds is 3. The van der Waals surface area contributed by atoms with Crippen LogP contribution in [0, 0.1) is 12.3 Å². The molecule has 0 heterocycles. The smallest absolute Gasteiger partial charge is 0.251 e. The zero-order valence-electron chi connectivity index (χ0n) is 11.4. The average molecular weight is 313 g/mol. The number of carbonyl (C=O) groups excluding carboxylic acids is 1. The van der Waals surface area contributed by atoms with Crippen LogP contribution in [-0.2, 0) is 0 Å². The second-order valence-corrected chi connectivity index (χ2v) is 6.45. The van der Waals surface area contributed by atoms with Crippen LogP contribution in [0.2, 0.25) is 0 Å². The first-order chi connectivity index (χ1) is 8.25. The third-order valence-corrected chi connectivity index (χ3v) is 3.87. The topological polar surface area (TPSA) is 55.1 Å². The fraction of sp³-hybridized carbons (Fsp3) is 0.500. The lowest BCUT2D eigenvalue weighted by Crippen LogP contribution is -2.48. The molecule has 3 nitrogen and oxygen atoms in total. The van der Waals surface area contributed by atoms with Gasteiger partial charge in [-0.15, -0.1) is 0 Å². The van der Waals surface area contributed by atoms with Crippen molar-refractivity contribution < 1.29 is 4.79 Å². The Balaban J connectivity index is 2.85. The highest BCUT2D eigenvalue weighted by atomic mass is 79.9. The fourth-order valence-electron chi connectivity index (χ4n) is 1.60. The van der Waals surface area contributed by atoms with Gasteiger partial charge in [0.15, 0.2) is 0 Å². The molecule has 0 aliphatic heterocycles. The van der Waals surface area contributed by atoms with E-state index < -0.39 is 0 Å². The molecule has 1 aromatic rings. The molecule has 0 radical (unpaired) electrons. The molecule has 0 spiro atoms. The van der Waals surface area contributed by atoms with E-state index in [0.717, 1.165) is 10.0 Å². The Labute approximate surface area is 117 Å². The molecule has 18 heavy (non-hydrogen) atoms. The lowest BCUT2D eigenvalue weighted by molar-refractivity contribution is 0.0905. The van der Waals surface area contributed by atoms with Gasteiger partial charge in [0.1, 0.15) is 0 Å². The predicted molar refractivity (Wildman–Crippen MR) is 78.6 cm³/mol. The van der Waals surface area contributed by atoms with E-state index >= 15 is 0 Å². The summed E-state index contributed by atoms with van der Waals surface area (Å²) in [5.74, 6) is -0.0823. The lowest BCUT2D eigenvalue weighted by atomic mass is 9.86. The molecule has 0 saturated heterocycles. The van der Waals surface area contributed by atoms with E-state index in [9.17, 15) is 4.79 Å². The largest absolute Gasteiger partial charge is 0.348 e. The molecule has 1 aromatic carbocycles. The SMILES string of the molecule is Cc1ccc(C(=O)NC(CN)C(C)(C)C)cc1Br. The molecule has 0 aliphatic carbocycles. The summed E-state index contributed by atoms with van der Waals surface area (Å²) in [6.07, 6.45) is 0. The van der Waals surface area contributed by atoms with Crippen molar-refractivity contribution in [3.05, 3.63) is 33.8 Å². The minimum Gasteiger partial charge on any atom is -0.348 e. The maximum atomic E-state index is 12.1. The Morgan fingerprint density at radius 1 is 1.44 bits per heavy atom. The normalized spacial score (nSPS) is 13.2. The Hall–Kier alpha value is -0.870. The molecule has 1 atom stereocenters. The first kappa shape index (κ1) is 15.2. The van der Waals surface area contributed by atoms with Crippen molar-refractivity contribution in [2.24, 2.45) is 11.1 Å². The molecule has 4 heteroatoms. The lowest BCUT2D eigenvalue weighted by Gasteiger charge is -2.30. The van der Waals surface area contributed by atoms with Crippen LogP contribution in [-0.4, -0.2) is 18.5 Å². The van der Waals surface area contributed by atoms with Crippen LogP contribution in [0.25, 0.3) is 0 Å². The molecular formula is C14H21BrN2O. The maximum absolute atomic E-state index is 12.1. The van der Waals surface area contributed by atoms with Crippen LogP contribution in [0.1, 0.15) is 36.7 Å². The van der Waals surface area contributed by atoms with E-state index in [1.807, 2.05) is 25.1 Å². The van der Waals surface area contributed by atoms with Gasteiger partial charge in [0.05, 0.1) is 0 Å². The van der Waals surface area contributed by atoms with E-state index in [-0.39, 0.29) is 17.4 Å². The van der Waals surface area contributed by atoms with Gasteiger partial charge in [0.25, 0.3) is 5.91 Å². The first-order valence-corrected chi connectivity index (χ1v) is 6.82. The minimum absolute atomic E-state index is 0.0370. The molecule has 1 amide bonds. The van der Waals surface area contributed by atoms with E-state index in [2.05, 4.69) is 42.0 Å². The third kappa shape index (κ3) is 3.82. The van der Waals surface area contributed by atoms with Crippen LogP contribution >= 0.6 is 15.9 Å². The van der Waals surface area contributed by atoms with Gasteiger partial charge in [-0.2, -0.15) is 0 Å². The summed E-state index contributed by atoms with van der Waals surface area (Å²) in [7, 11) is 0. The van der Waals surface area contributed by atoms with Crippen molar-refractivity contribution in [2.75, 3.05) is 6.54 Å². The molecule has 3 N–H and O–H groups in total. The molecule has 0 aliphatic rings. The van der Waals surface area contributed by atoms with Crippen molar-refractivity contribution in [3.63, 3.8) is 0 Å². The molecule has 0 aromatic heterocycles. The predicted octanol–water partition coefficient (Wildman–Crippen LogP) is 2.86. The van der Waals surface area contributed by atoms with Crippen molar-refractivity contribution in [1.82, 2.24) is 5.32 Å². The Morgan fingerprint density at radius 2 is 2.06 bits per heavy atom. The quantitative estimate of drug-likeness (QED) is 0.901. The second kappa shape index (κ2) is 5.85. The number of halogens is 1. The standard InChI is InChI=1S/C14H21BrN2O/c1-9-5-6-10(7-11(9)15)13(18)17-12(8-16)14(2,3)4/h5-7,12H,8,16H2,1-4H3,(H,17,18). The number of amides is 1. The number of hydrogen-bond donors (Lipinski definition) is 2. The Morgan fingerprint density at radius 3 is 2.50 bits per heavy atom. The van der Waals surface area contributed by atoms with Gasteiger partial charge in [-0.1, -0.05) is 42.8 Å². The third-order valence-electron chi connectivity index (χ3n) is 3.02. The highest BCUT2D eigenvalue weighted by Gasteiger charge is 2.25. The Kier molecular flexibility index (Phi) is 4.93. The molecule has 0 bridgehead atoms. The van der Waals surface area contributed by atoms with Gasteiger partial charge in [-0.05, 0) is 30.0 Å². The number of aryl methyl sites for hydroxylation is 1. The van der Waals surface area contributed by atoms with Crippen LogP contribution < -0.4 is 11.1 Å².